The highest BCUT2D eigenvalue weighted by Crippen LogP contribution is 2.39. The second-order valence-corrected chi connectivity index (χ2v) is 26.7. The molecule has 0 unspecified atom stereocenters. The van der Waals surface area contributed by atoms with Gasteiger partial charge in [-0.05, 0) is 80.0 Å². The smallest absolute Gasteiger partial charge is 0.192 e. The predicted molar refractivity (Wildman–Crippen MR) is 216 cm³/mol. The van der Waals surface area contributed by atoms with Crippen LogP contribution >= 0.6 is 0 Å². The molecule has 0 radical (unpaired) electrons. The van der Waals surface area contributed by atoms with Gasteiger partial charge in [0.05, 0.1) is 6.10 Å². The van der Waals surface area contributed by atoms with Crippen LogP contribution in [0.4, 0.5) is 0 Å². The van der Waals surface area contributed by atoms with Gasteiger partial charge in [-0.1, -0.05) is 125 Å². The largest absolute Gasteiger partial charge is 0.414 e. The number of carbonyl (C=O) groups is 3. The van der Waals surface area contributed by atoms with E-state index in [2.05, 4.69) is 94.2 Å². The molecule has 2 aliphatic rings. The van der Waals surface area contributed by atoms with Crippen LogP contribution in [-0.2, 0) is 23.2 Å². The lowest BCUT2D eigenvalue weighted by atomic mass is 9.96. The van der Waals surface area contributed by atoms with Crippen molar-refractivity contribution >= 4 is 34.5 Å². The van der Waals surface area contributed by atoms with Crippen LogP contribution in [0.3, 0.4) is 0 Å². The molecule has 49 heavy (non-hydrogen) atoms. The summed E-state index contributed by atoms with van der Waals surface area (Å²) in [4.78, 5) is 33.2. The van der Waals surface area contributed by atoms with Gasteiger partial charge in [-0.15, -0.1) is 6.58 Å². The van der Waals surface area contributed by atoms with Crippen LogP contribution in [0.15, 0.2) is 48.6 Å². The van der Waals surface area contributed by atoms with Crippen LogP contribution in [0, 0.1) is 11.8 Å². The fourth-order valence-corrected chi connectivity index (χ4v) is 8.00. The Morgan fingerprint density at radius 3 is 1.65 bits per heavy atom. The van der Waals surface area contributed by atoms with E-state index >= 15 is 0 Å². The lowest BCUT2D eigenvalue weighted by Gasteiger charge is -2.39. The summed E-state index contributed by atoms with van der Waals surface area (Å²) < 4.78 is 13.0. The van der Waals surface area contributed by atoms with Gasteiger partial charge in [0.2, 0.25) is 0 Å². The fraction of sp³-hybridized carbons (Fsp3) is 0.738. The van der Waals surface area contributed by atoms with Gasteiger partial charge in [-0.3, -0.25) is 9.59 Å². The van der Waals surface area contributed by atoms with Crippen molar-refractivity contribution in [1.82, 2.24) is 0 Å². The molecule has 2 aliphatic carbocycles. The zero-order valence-corrected chi connectivity index (χ0v) is 36.1. The minimum Gasteiger partial charge on any atom is -0.414 e. The Morgan fingerprint density at radius 1 is 0.816 bits per heavy atom. The van der Waals surface area contributed by atoms with E-state index in [1.807, 2.05) is 25.2 Å². The molecule has 0 heterocycles. The van der Waals surface area contributed by atoms with Gasteiger partial charge in [0.1, 0.15) is 6.29 Å². The molecule has 7 heteroatoms. The molecule has 282 valence electrons. The molecule has 0 saturated heterocycles. The van der Waals surface area contributed by atoms with E-state index in [4.69, 9.17) is 8.85 Å². The van der Waals surface area contributed by atoms with Crippen LogP contribution < -0.4 is 0 Å². The first-order valence-corrected chi connectivity index (χ1v) is 25.0. The Labute approximate surface area is 305 Å². The third-order valence-corrected chi connectivity index (χ3v) is 19.5. The molecule has 0 aromatic rings. The van der Waals surface area contributed by atoms with E-state index in [0.717, 1.165) is 44.0 Å². The van der Waals surface area contributed by atoms with Crippen molar-refractivity contribution in [3.8, 4) is 0 Å². The van der Waals surface area contributed by atoms with E-state index < -0.39 is 16.6 Å². The Balaban J connectivity index is 0.000000820. The first kappa shape index (κ1) is 47.3. The highest BCUT2D eigenvalue weighted by molar-refractivity contribution is 6.74. The lowest BCUT2D eigenvalue weighted by Crippen LogP contribution is -2.44. The standard InChI is InChI=1S/C22H38O2Si.C14H30O2Si.C6H8O/c1-8-10-11-13-19(24-25(6,7)22(3,4)5)15-16-20-18(12-9-2)14-17-21(20)23;1-7-8-9-10-13(11-12-15)16-17(5,6)14(2,3)4;1-5-2-3-6(7)4-5/h9,14,16-19H,2,8,10-13,15H2,1,3-7H3;12-13H,7-11H2,1-6H3;2-3,5H,4H2,1H3/b20-16+;;/t18-,19-;13-;5-/m000/s1. The zero-order valence-electron chi connectivity index (χ0n) is 34.1. The van der Waals surface area contributed by atoms with Crippen LogP contribution in [-0.4, -0.2) is 46.7 Å². The molecule has 0 saturated carbocycles. The van der Waals surface area contributed by atoms with E-state index in [1.54, 1.807) is 12.2 Å². The van der Waals surface area contributed by atoms with Gasteiger partial charge in [0.25, 0.3) is 0 Å². The van der Waals surface area contributed by atoms with E-state index in [-0.39, 0.29) is 39.8 Å². The Bertz CT molecular complexity index is 1090. The van der Waals surface area contributed by atoms with Crippen molar-refractivity contribution in [3.63, 3.8) is 0 Å². The molecule has 0 aromatic heterocycles. The number of ketones is 2. The second-order valence-electron chi connectivity index (χ2n) is 17.2. The van der Waals surface area contributed by atoms with Gasteiger partial charge in [0, 0.05) is 30.4 Å². The summed E-state index contributed by atoms with van der Waals surface area (Å²) in [6.07, 6.45) is 25.1. The van der Waals surface area contributed by atoms with Crippen molar-refractivity contribution in [3.05, 3.63) is 48.6 Å². The number of unbranched alkanes of at least 4 members (excludes halogenated alkanes) is 4. The summed E-state index contributed by atoms with van der Waals surface area (Å²) in [5.41, 5.74) is 0.930. The van der Waals surface area contributed by atoms with Gasteiger partial charge >= 0.3 is 0 Å². The highest BCUT2D eigenvalue weighted by Gasteiger charge is 2.40. The minimum atomic E-state index is -1.80. The SMILES string of the molecule is C=CC[C@H]1C=CC(=O)/C1=C/C[C@H](CCCCC)O[Si](C)(C)C(C)(C)C.CCCCC[C@@H](CC=O)O[Si](C)(C)C(C)(C)C.C[C@H]1C=CC(=O)C1. The molecule has 2 rings (SSSR count). The molecule has 0 spiro atoms. The molecule has 0 aliphatic heterocycles. The van der Waals surface area contributed by atoms with E-state index in [0.29, 0.717) is 12.3 Å². The molecule has 0 aromatic carbocycles. The average molecular weight is 717 g/mol. The van der Waals surface area contributed by atoms with Crippen LogP contribution in [0.5, 0.6) is 0 Å². The number of carbonyl (C=O) groups excluding carboxylic acids is 3. The summed E-state index contributed by atoms with van der Waals surface area (Å²) in [6, 6.07) is 0. The van der Waals surface area contributed by atoms with Crippen LogP contribution in [0.25, 0.3) is 0 Å². The lowest BCUT2D eigenvalue weighted by molar-refractivity contribution is -0.114. The predicted octanol–water partition coefficient (Wildman–Crippen LogP) is 12.3. The maximum atomic E-state index is 12.2. The van der Waals surface area contributed by atoms with Crippen molar-refractivity contribution in [2.24, 2.45) is 11.8 Å². The summed E-state index contributed by atoms with van der Waals surface area (Å²) in [5, 5.41) is 0.429. The third kappa shape index (κ3) is 18.9. The van der Waals surface area contributed by atoms with Crippen molar-refractivity contribution in [2.75, 3.05) is 0 Å². The number of aldehydes is 1. The molecule has 0 bridgehead atoms. The molecular weight excluding hydrogens is 641 g/mol. The van der Waals surface area contributed by atoms with Crippen molar-refractivity contribution in [1.29, 1.82) is 0 Å². The quantitative estimate of drug-likeness (QED) is 0.0464. The normalized spacial score (nSPS) is 20.1. The average Bonchev–Trinajstić information content (AvgIpc) is 3.53. The maximum Gasteiger partial charge on any atom is 0.192 e. The molecule has 0 fully saturated rings. The summed E-state index contributed by atoms with van der Waals surface area (Å²) in [6.45, 7) is 33.0. The van der Waals surface area contributed by atoms with Gasteiger partial charge in [-0.2, -0.15) is 0 Å². The van der Waals surface area contributed by atoms with Crippen LogP contribution in [0.1, 0.15) is 139 Å². The summed E-state index contributed by atoms with van der Waals surface area (Å²) in [7, 11) is -3.52. The third-order valence-electron chi connectivity index (χ3n) is 10.5. The zero-order chi connectivity index (χ0) is 37.9. The van der Waals surface area contributed by atoms with Crippen molar-refractivity contribution in [2.45, 2.75) is 188 Å². The monoisotopic (exact) mass is 717 g/mol. The van der Waals surface area contributed by atoms with E-state index in [1.165, 1.54) is 38.5 Å². The second kappa shape index (κ2) is 23.0. The van der Waals surface area contributed by atoms with Crippen molar-refractivity contribution < 1.29 is 23.2 Å². The number of allylic oxidation sites excluding steroid dienone is 6. The molecule has 0 amide bonds. The number of rotatable bonds is 18. The first-order chi connectivity index (χ1) is 22.6. The molecule has 0 N–H and O–H groups in total. The fourth-order valence-electron chi connectivity index (χ4n) is 5.19. The first-order valence-electron chi connectivity index (χ1n) is 19.2. The summed E-state index contributed by atoms with van der Waals surface area (Å²) >= 11 is 0. The van der Waals surface area contributed by atoms with Gasteiger partial charge in [-0.25, -0.2) is 0 Å². The Kier molecular flexibility index (Phi) is 22.2. The topological polar surface area (TPSA) is 69.7 Å². The maximum absolute atomic E-state index is 12.2. The highest BCUT2D eigenvalue weighted by atomic mass is 28.4. The molecule has 5 nitrogen and oxygen atoms in total. The van der Waals surface area contributed by atoms with Gasteiger partial charge in [0.15, 0.2) is 28.2 Å². The number of hydrogen-bond acceptors (Lipinski definition) is 5. The molecular formula is C42H76O5Si2. The van der Waals surface area contributed by atoms with Gasteiger partial charge < -0.3 is 13.6 Å². The minimum absolute atomic E-state index is 0.139. The number of hydrogen-bond donors (Lipinski definition) is 0. The Morgan fingerprint density at radius 2 is 1.31 bits per heavy atom. The van der Waals surface area contributed by atoms with E-state index in [9.17, 15) is 14.4 Å². The Hall–Kier alpha value is -1.68. The molecule has 4 atom stereocenters. The summed E-state index contributed by atoms with van der Waals surface area (Å²) in [5.74, 6) is 1.13. The van der Waals surface area contributed by atoms with Crippen LogP contribution in [0.2, 0.25) is 36.3 Å².